The maximum absolute atomic E-state index is 12.9. The molecule has 3 aliphatic heterocycles. The summed E-state index contributed by atoms with van der Waals surface area (Å²) in [5.41, 5.74) is 2.64. The third-order valence-electron chi connectivity index (χ3n) is 6.99. The SMILES string of the molecule is O=C1CCC[C@H]2[C@@H]3C[C@@H](CN(Cc4cccnc4)C3)[C@H](Cc3ccccc3)N12. The molecule has 1 amide bonds. The second-order valence-corrected chi connectivity index (χ2v) is 8.83. The van der Waals surface area contributed by atoms with Crippen LogP contribution >= 0.6 is 0 Å². The number of hydrogen-bond acceptors (Lipinski definition) is 3. The van der Waals surface area contributed by atoms with Gasteiger partial charge in [0.05, 0.1) is 0 Å². The van der Waals surface area contributed by atoms with Crippen LogP contribution in [-0.4, -0.2) is 45.9 Å². The molecule has 28 heavy (non-hydrogen) atoms. The Kier molecular flexibility index (Phi) is 4.89. The number of benzene rings is 1. The Bertz CT molecular complexity index is 809. The van der Waals surface area contributed by atoms with E-state index in [1.807, 2.05) is 18.5 Å². The van der Waals surface area contributed by atoms with Gasteiger partial charge >= 0.3 is 0 Å². The standard InChI is InChI=1S/C24H29N3O/c28-24-10-4-9-22-20-13-21(17-26(16-20)15-19-8-5-11-25-14-19)23(27(22)24)12-18-6-2-1-3-7-18/h1-3,5-8,11,14,20-23H,4,9-10,12-13,15-17H2/t20-,21+,22+,23+/m1/s1. The van der Waals surface area contributed by atoms with Crippen molar-refractivity contribution in [1.82, 2.24) is 14.8 Å². The Balaban J connectivity index is 1.41. The third-order valence-corrected chi connectivity index (χ3v) is 6.99. The van der Waals surface area contributed by atoms with E-state index in [9.17, 15) is 4.79 Å². The van der Waals surface area contributed by atoms with Crippen molar-refractivity contribution < 1.29 is 4.79 Å². The van der Waals surface area contributed by atoms with Crippen LogP contribution in [0.3, 0.4) is 0 Å². The molecule has 0 radical (unpaired) electrons. The molecule has 0 unspecified atom stereocenters. The first kappa shape index (κ1) is 17.9. The molecule has 4 nitrogen and oxygen atoms in total. The molecular weight excluding hydrogens is 346 g/mol. The smallest absolute Gasteiger partial charge is 0.223 e. The fraction of sp³-hybridized carbons (Fsp3) is 0.500. The van der Waals surface area contributed by atoms with Crippen LogP contribution in [-0.2, 0) is 17.8 Å². The number of aromatic nitrogens is 1. The molecule has 2 aromatic rings. The molecule has 3 saturated heterocycles. The molecule has 0 saturated carbocycles. The van der Waals surface area contributed by atoms with Gasteiger partial charge in [-0.1, -0.05) is 36.4 Å². The molecule has 4 heteroatoms. The van der Waals surface area contributed by atoms with Gasteiger partial charge in [-0.25, -0.2) is 0 Å². The van der Waals surface area contributed by atoms with Gasteiger partial charge in [0.25, 0.3) is 0 Å². The molecule has 4 heterocycles. The Morgan fingerprint density at radius 1 is 1.00 bits per heavy atom. The Morgan fingerprint density at radius 3 is 2.64 bits per heavy atom. The quantitative estimate of drug-likeness (QED) is 0.820. The van der Waals surface area contributed by atoms with Gasteiger partial charge in [0.15, 0.2) is 0 Å². The summed E-state index contributed by atoms with van der Waals surface area (Å²) in [6, 6.07) is 15.7. The molecule has 3 fully saturated rings. The monoisotopic (exact) mass is 375 g/mol. The molecule has 0 spiro atoms. The third kappa shape index (κ3) is 3.46. The predicted molar refractivity (Wildman–Crippen MR) is 110 cm³/mol. The number of carbonyl (C=O) groups is 1. The van der Waals surface area contributed by atoms with Gasteiger partial charge < -0.3 is 4.90 Å². The minimum absolute atomic E-state index is 0.341. The van der Waals surface area contributed by atoms with Crippen molar-refractivity contribution >= 4 is 5.91 Å². The van der Waals surface area contributed by atoms with Crippen LogP contribution in [0.4, 0.5) is 0 Å². The number of carbonyl (C=O) groups excluding carboxylic acids is 1. The van der Waals surface area contributed by atoms with E-state index in [4.69, 9.17) is 0 Å². The first-order valence-electron chi connectivity index (χ1n) is 10.7. The largest absolute Gasteiger partial charge is 0.336 e. The highest BCUT2D eigenvalue weighted by Crippen LogP contribution is 2.42. The maximum atomic E-state index is 12.9. The summed E-state index contributed by atoms with van der Waals surface area (Å²) in [5.74, 6) is 1.58. The molecule has 1 aromatic heterocycles. The minimum atomic E-state index is 0.341. The van der Waals surface area contributed by atoms with Crippen LogP contribution in [0.25, 0.3) is 0 Å². The fourth-order valence-electron chi connectivity index (χ4n) is 5.87. The molecule has 0 aliphatic carbocycles. The molecular formula is C24H29N3O. The number of amides is 1. The van der Waals surface area contributed by atoms with E-state index in [0.29, 0.717) is 29.8 Å². The fourth-order valence-corrected chi connectivity index (χ4v) is 5.87. The number of likely N-dealkylation sites (tertiary alicyclic amines) is 1. The molecule has 2 bridgehead atoms. The maximum Gasteiger partial charge on any atom is 0.223 e. The Morgan fingerprint density at radius 2 is 1.82 bits per heavy atom. The van der Waals surface area contributed by atoms with Gasteiger partial charge in [-0.3, -0.25) is 14.7 Å². The van der Waals surface area contributed by atoms with Crippen LogP contribution in [0.1, 0.15) is 36.8 Å². The summed E-state index contributed by atoms with van der Waals surface area (Å²) in [7, 11) is 0. The van der Waals surface area contributed by atoms with Crippen molar-refractivity contribution in [3.8, 4) is 0 Å². The van der Waals surface area contributed by atoms with Gasteiger partial charge in [-0.15, -0.1) is 0 Å². The van der Waals surface area contributed by atoms with Crippen molar-refractivity contribution in [1.29, 1.82) is 0 Å². The van der Waals surface area contributed by atoms with Gasteiger partial charge in [0.2, 0.25) is 5.91 Å². The summed E-state index contributed by atoms with van der Waals surface area (Å²) in [6.45, 7) is 3.16. The summed E-state index contributed by atoms with van der Waals surface area (Å²) in [5, 5.41) is 0. The van der Waals surface area contributed by atoms with E-state index in [0.717, 1.165) is 38.9 Å². The summed E-state index contributed by atoms with van der Waals surface area (Å²) < 4.78 is 0. The highest BCUT2D eigenvalue weighted by molar-refractivity contribution is 5.78. The second-order valence-electron chi connectivity index (χ2n) is 8.83. The number of nitrogens with zero attached hydrogens (tertiary/aromatic N) is 3. The van der Waals surface area contributed by atoms with Crippen molar-refractivity contribution in [2.24, 2.45) is 11.8 Å². The van der Waals surface area contributed by atoms with E-state index < -0.39 is 0 Å². The molecule has 146 valence electrons. The number of piperidine rings is 3. The summed E-state index contributed by atoms with van der Waals surface area (Å²) >= 11 is 0. The van der Waals surface area contributed by atoms with Crippen molar-refractivity contribution in [3.05, 3.63) is 66.0 Å². The van der Waals surface area contributed by atoms with Gasteiger partial charge in [0, 0.05) is 50.5 Å². The zero-order valence-electron chi connectivity index (χ0n) is 16.4. The minimum Gasteiger partial charge on any atom is -0.336 e. The van der Waals surface area contributed by atoms with Crippen molar-refractivity contribution in [2.75, 3.05) is 13.1 Å². The Hall–Kier alpha value is -2.20. The average molecular weight is 376 g/mol. The van der Waals surface area contributed by atoms with Gasteiger partial charge in [-0.05, 0) is 54.7 Å². The normalized spacial score (nSPS) is 30.1. The van der Waals surface area contributed by atoms with E-state index in [1.165, 1.54) is 24.0 Å². The van der Waals surface area contributed by atoms with Crippen LogP contribution in [0, 0.1) is 11.8 Å². The van der Waals surface area contributed by atoms with E-state index in [1.54, 1.807) is 0 Å². The first-order chi connectivity index (χ1) is 13.8. The predicted octanol–water partition coefficient (Wildman–Crippen LogP) is 3.53. The van der Waals surface area contributed by atoms with Crippen LogP contribution in [0.5, 0.6) is 0 Å². The highest BCUT2D eigenvalue weighted by atomic mass is 16.2. The molecule has 5 rings (SSSR count). The highest BCUT2D eigenvalue weighted by Gasteiger charge is 2.49. The van der Waals surface area contributed by atoms with Gasteiger partial charge in [0.1, 0.15) is 0 Å². The Labute approximate surface area is 167 Å². The van der Waals surface area contributed by atoms with Crippen LogP contribution in [0.15, 0.2) is 54.9 Å². The zero-order chi connectivity index (χ0) is 18.9. The summed E-state index contributed by atoms with van der Waals surface area (Å²) in [4.78, 5) is 22.2. The van der Waals surface area contributed by atoms with E-state index in [-0.39, 0.29) is 0 Å². The first-order valence-corrected chi connectivity index (χ1v) is 10.7. The van der Waals surface area contributed by atoms with E-state index in [2.05, 4.69) is 51.2 Å². The topological polar surface area (TPSA) is 36.4 Å². The lowest BCUT2D eigenvalue weighted by atomic mass is 9.70. The second kappa shape index (κ2) is 7.67. The van der Waals surface area contributed by atoms with E-state index >= 15 is 0 Å². The van der Waals surface area contributed by atoms with Crippen LogP contribution < -0.4 is 0 Å². The molecule has 0 N–H and O–H groups in total. The molecule has 4 atom stereocenters. The zero-order valence-corrected chi connectivity index (χ0v) is 16.4. The van der Waals surface area contributed by atoms with Gasteiger partial charge in [-0.2, -0.15) is 0 Å². The van der Waals surface area contributed by atoms with Crippen molar-refractivity contribution in [3.63, 3.8) is 0 Å². The number of hydrogen-bond donors (Lipinski definition) is 0. The lowest BCUT2D eigenvalue weighted by Crippen LogP contribution is -2.65. The average Bonchev–Trinajstić information content (AvgIpc) is 2.73. The lowest BCUT2D eigenvalue weighted by Gasteiger charge is -2.57. The number of rotatable bonds is 4. The lowest BCUT2D eigenvalue weighted by molar-refractivity contribution is -0.152. The summed E-state index contributed by atoms with van der Waals surface area (Å²) in [6.07, 6.45) is 9.06. The molecule has 3 aliphatic rings. The number of fused-ring (bicyclic) bond motifs is 4. The molecule has 1 aromatic carbocycles. The van der Waals surface area contributed by atoms with Crippen molar-refractivity contribution in [2.45, 2.75) is 50.7 Å². The number of pyridine rings is 1. The van der Waals surface area contributed by atoms with Crippen LogP contribution in [0.2, 0.25) is 0 Å².